The van der Waals surface area contributed by atoms with Gasteiger partial charge in [-0.05, 0) is 51.5 Å². The van der Waals surface area contributed by atoms with Crippen LogP contribution >= 0.6 is 0 Å². The topological polar surface area (TPSA) is 21.3 Å². The second-order valence-corrected chi connectivity index (χ2v) is 5.20. The first kappa shape index (κ1) is 14.0. The Hall–Kier alpha value is -0.0800. The molecule has 0 aromatic carbocycles. The summed E-state index contributed by atoms with van der Waals surface area (Å²) in [7, 11) is 0. The van der Waals surface area contributed by atoms with Crippen molar-refractivity contribution in [2.24, 2.45) is 5.92 Å². The number of nitrogens with one attached hydrogen (secondary N) is 1. The van der Waals surface area contributed by atoms with Crippen LogP contribution in [-0.4, -0.2) is 25.8 Å². The Morgan fingerprint density at radius 2 is 2.06 bits per heavy atom. The van der Waals surface area contributed by atoms with Crippen LogP contribution in [0.5, 0.6) is 0 Å². The van der Waals surface area contributed by atoms with Gasteiger partial charge in [0, 0.05) is 19.3 Å². The molecule has 0 saturated heterocycles. The Morgan fingerprint density at radius 3 is 2.75 bits per heavy atom. The van der Waals surface area contributed by atoms with Crippen molar-refractivity contribution < 1.29 is 4.74 Å². The van der Waals surface area contributed by atoms with Crippen LogP contribution in [-0.2, 0) is 4.74 Å². The molecule has 0 heterocycles. The summed E-state index contributed by atoms with van der Waals surface area (Å²) in [5.41, 5.74) is 0. The van der Waals surface area contributed by atoms with Crippen LogP contribution in [0.15, 0.2) is 0 Å². The molecular formula is C14H29NO. The second kappa shape index (κ2) is 9.00. The van der Waals surface area contributed by atoms with Gasteiger partial charge in [-0.25, -0.2) is 0 Å². The van der Waals surface area contributed by atoms with Gasteiger partial charge in [0.05, 0.1) is 0 Å². The summed E-state index contributed by atoms with van der Waals surface area (Å²) >= 11 is 0. The van der Waals surface area contributed by atoms with E-state index in [4.69, 9.17) is 4.74 Å². The Morgan fingerprint density at radius 1 is 1.25 bits per heavy atom. The zero-order valence-electron chi connectivity index (χ0n) is 11.1. The Balaban J connectivity index is 1.72. The molecule has 0 aromatic heterocycles. The van der Waals surface area contributed by atoms with E-state index >= 15 is 0 Å². The smallest absolute Gasteiger partial charge is 0.0468 e. The zero-order valence-corrected chi connectivity index (χ0v) is 11.1. The molecule has 2 nitrogen and oxygen atoms in total. The first-order valence-corrected chi connectivity index (χ1v) is 7.14. The van der Waals surface area contributed by atoms with Crippen molar-refractivity contribution in [2.75, 3.05) is 19.8 Å². The number of hydrogen-bond donors (Lipinski definition) is 1. The largest absolute Gasteiger partial charge is 0.381 e. The van der Waals surface area contributed by atoms with Crippen molar-refractivity contribution >= 4 is 0 Å². The molecule has 0 amide bonds. The molecule has 0 aromatic rings. The van der Waals surface area contributed by atoms with Gasteiger partial charge in [-0.1, -0.05) is 19.8 Å². The third-order valence-electron chi connectivity index (χ3n) is 3.29. The highest BCUT2D eigenvalue weighted by molar-refractivity contribution is 4.72. The van der Waals surface area contributed by atoms with Crippen LogP contribution in [0.1, 0.15) is 58.8 Å². The van der Waals surface area contributed by atoms with E-state index in [2.05, 4.69) is 19.2 Å². The van der Waals surface area contributed by atoms with E-state index in [9.17, 15) is 0 Å². The second-order valence-electron chi connectivity index (χ2n) is 5.20. The molecule has 1 rings (SSSR count). The molecule has 1 unspecified atom stereocenters. The number of hydrogen-bond acceptors (Lipinski definition) is 2. The van der Waals surface area contributed by atoms with E-state index in [1.54, 1.807) is 0 Å². The van der Waals surface area contributed by atoms with Crippen molar-refractivity contribution in [3.05, 3.63) is 0 Å². The average Bonchev–Trinajstić information content (AvgIpc) is 3.09. The van der Waals surface area contributed by atoms with Crippen LogP contribution in [0, 0.1) is 5.92 Å². The van der Waals surface area contributed by atoms with E-state index in [1.165, 1.54) is 44.9 Å². The standard InChI is InChI=1S/C14H29NO/c1-3-10-15-13(2)6-4-5-11-16-12-9-14-7-8-14/h13-15H,3-12H2,1-2H3. The molecule has 1 N–H and O–H groups in total. The van der Waals surface area contributed by atoms with E-state index in [0.717, 1.165) is 25.7 Å². The van der Waals surface area contributed by atoms with Gasteiger partial charge < -0.3 is 10.1 Å². The third kappa shape index (κ3) is 8.12. The summed E-state index contributed by atoms with van der Waals surface area (Å²) in [5, 5.41) is 3.52. The SMILES string of the molecule is CCCNC(C)CCCCOCCC1CC1. The minimum atomic E-state index is 0.673. The van der Waals surface area contributed by atoms with Gasteiger partial charge >= 0.3 is 0 Å². The predicted octanol–water partition coefficient (Wildman–Crippen LogP) is 3.36. The van der Waals surface area contributed by atoms with Crippen molar-refractivity contribution in [1.82, 2.24) is 5.32 Å². The van der Waals surface area contributed by atoms with Gasteiger partial charge in [-0.2, -0.15) is 0 Å². The van der Waals surface area contributed by atoms with E-state index in [0.29, 0.717) is 6.04 Å². The first-order chi connectivity index (χ1) is 7.83. The quantitative estimate of drug-likeness (QED) is 0.546. The maximum absolute atomic E-state index is 5.63. The highest BCUT2D eigenvalue weighted by Gasteiger charge is 2.20. The van der Waals surface area contributed by atoms with Gasteiger partial charge in [-0.3, -0.25) is 0 Å². The minimum absolute atomic E-state index is 0.673. The van der Waals surface area contributed by atoms with E-state index in [-0.39, 0.29) is 0 Å². The number of ether oxygens (including phenoxy) is 1. The van der Waals surface area contributed by atoms with Crippen LogP contribution in [0.3, 0.4) is 0 Å². The lowest BCUT2D eigenvalue weighted by atomic mass is 10.1. The van der Waals surface area contributed by atoms with Crippen molar-refractivity contribution in [3.8, 4) is 0 Å². The molecule has 0 bridgehead atoms. The minimum Gasteiger partial charge on any atom is -0.381 e. The summed E-state index contributed by atoms with van der Waals surface area (Å²) in [5.74, 6) is 1.01. The van der Waals surface area contributed by atoms with Crippen molar-refractivity contribution in [3.63, 3.8) is 0 Å². The number of unbranched alkanes of at least 4 members (excludes halogenated alkanes) is 1. The molecule has 2 heteroatoms. The summed E-state index contributed by atoms with van der Waals surface area (Å²) in [6.07, 6.45) is 9.23. The molecule has 1 aliphatic carbocycles. The fourth-order valence-corrected chi connectivity index (χ4v) is 1.91. The molecular weight excluding hydrogens is 198 g/mol. The van der Waals surface area contributed by atoms with Gasteiger partial charge in [0.1, 0.15) is 0 Å². The van der Waals surface area contributed by atoms with Crippen molar-refractivity contribution in [2.45, 2.75) is 64.8 Å². The molecule has 1 atom stereocenters. The fraction of sp³-hybridized carbons (Fsp3) is 1.00. The summed E-state index contributed by atoms with van der Waals surface area (Å²) in [4.78, 5) is 0. The van der Waals surface area contributed by atoms with Gasteiger partial charge in [0.2, 0.25) is 0 Å². The van der Waals surface area contributed by atoms with Gasteiger partial charge in [0.15, 0.2) is 0 Å². The fourth-order valence-electron chi connectivity index (χ4n) is 1.91. The van der Waals surface area contributed by atoms with E-state index < -0.39 is 0 Å². The maximum Gasteiger partial charge on any atom is 0.0468 e. The number of rotatable bonds is 11. The lowest BCUT2D eigenvalue weighted by Crippen LogP contribution is -2.26. The zero-order chi connectivity index (χ0) is 11.6. The van der Waals surface area contributed by atoms with E-state index in [1.807, 2.05) is 0 Å². The third-order valence-corrected chi connectivity index (χ3v) is 3.29. The van der Waals surface area contributed by atoms with Gasteiger partial charge in [-0.15, -0.1) is 0 Å². The highest BCUT2D eigenvalue weighted by Crippen LogP contribution is 2.32. The normalized spacial score (nSPS) is 17.6. The van der Waals surface area contributed by atoms with Crippen LogP contribution < -0.4 is 5.32 Å². The molecule has 96 valence electrons. The van der Waals surface area contributed by atoms with Crippen LogP contribution in [0.4, 0.5) is 0 Å². The lowest BCUT2D eigenvalue weighted by molar-refractivity contribution is 0.123. The molecule has 1 saturated carbocycles. The monoisotopic (exact) mass is 227 g/mol. The predicted molar refractivity (Wildman–Crippen MR) is 69.8 cm³/mol. The molecule has 1 fully saturated rings. The Labute approximate surface area is 101 Å². The molecule has 0 radical (unpaired) electrons. The molecule has 0 spiro atoms. The molecule has 1 aliphatic rings. The maximum atomic E-state index is 5.63. The van der Waals surface area contributed by atoms with Crippen molar-refractivity contribution in [1.29, 1.82) is 0 Å². The Kier molecular flexibility index (Phi) is 7.87. The van der Waals surface area contributed by atoms with Crippen LogP contribution in [0.25, 0.3) is 0 Å². The summed E-state index contributed by atoms with van der Waals surface area (Å²) < 4.78 is 5.63. The first-order valence-electron chi connectivity index (χ1n) is 7.14. The molecule has 16 heavy (non-hydrogen) atoms. The van der Waals surface area contributed by atoms with Gasteiger partial charge in [0.25, 0.3) is 0 Å². The summed E-state index contributed by atoms with van der Waals surface area (Å²) in [6.45, 7) is 7.61. The lowest BCUT2D eigenvalue weighted by Gasteiger charge is -2.12. The van der Waals surface area contributed by atoms with Crippen LogP contribution in [0.2, 0.25) is 0 Å². The summed E-state index contributed by atoms with van der Waals surface area (Å²) in [6, 6.07) is 0.673. The highest BCUT2D eigenvalue weighted by atomic mass is 16.5. The average molecular weight is 227 g/mol. The Bertz CT molecular complexity index is 157. The molecule has 0 aliphatic heterocycles.